The van der Waals surface area contributed by atoms with Crippen LogP contribution in [0.3, 0.4) is 0 Å². The summed E-state index contributed by atoms with van der Waals surface area (Å²) in [5.41, 5.74) is 6.19. The summed E-state index contributed by atoms with van der Waals surface area (Å²) >= 11 is 1.81. The molecule has 0 radical (unpaired) electrons. The fourth-order valence-corrected chi connectivity index (χ4v) is 3.18. The molecule has 15 heavy (non-hydrogen) atoms. The van der Waals surface area contributed by atoms with E-state index in [1.165, 1.54) is 32.1 Å². The zero-order valence-electron chi connectivity index (χ0n) is 9.98. The van der Waals surface area contributed by atoms with Gasteiger partial charge in [-0.05, 0) is 25.7 Å². The molecule has 3 heteroatoms. The molecule has 0 aromatic carbocycles. The average Bonchev–Trinajstić information content (AvgIpc) is 2.26. The Morgan fingerprint density at radius 1 is 1.27 bits per heavy atom. The standard InChI is InChI=1S/C12H25NOS/c1-9(14)10(2)15-8-12(13)11-6-4-3-5-7-11/h9-12,14H,3-8,13H2,1-2H3. The van der Waals surface area contributed by atoms with Crippen molar-refractivity contribution >= 4 is 11.8 Å². The van der Waals surface area contributed by atoms with Gasteiger partial charge in [-0.15, -0.1) is 0 Å². The minimum Gasteiger partial charge on any atom is -0.392 e. The highest BCUT2D eigenvalue weighted by Gasteiger charge is 2.21. The van der Waals surface area contributed by atoms with Crippen molar-refractivity contribution in [1.29, 1.82) is 0 Å². The SMILES string of the molecule is CC(O)C(C)SCC(N)C1CCCCC1. The van der Waals surface area contributed by atoms with Gasteiger partial charge in [0, 0.05) is 17.0 Å². The van der Waals surface area contributed by atoms with Gasteiger partial charge in [-0.3, -0.25) is 0 Å². The second-order valence-electron chi connectivity index (χ2n) is 4.84. The third-order valence-electron chi connectivity index (χ3n) is 3.49. The van der Waals surface area contributed by atoms with E-state index < -0.39 is 0 Å². The van der Waals surface area contributed by atoms with Crippen LogP contribution in [-0.4, -0.2) is 28.3 Å². The summed E-state index contributed by atoms with van der Waals surface area (Å²) in [6, 6.07) is 0.330. The molecule has 0 aliphatic heterocycles. The molecule has 0 amide bonds. The summed E-state index contributed by atoms with van der Waals surface area (Å²) in [6.07, 6.45) is 6.49. The minimum absolute atomic E-state index is 0.228. The second-order valence-corrected chi connectivity index (χ2v) is 6.25. The van der Waals surface area contributed by atoms with Crippen LogP contribution in [0.5, 0.6) is 0 Å². The molecule has 1 aliphatic carbocycles. The van der Waals surface area contributed by atoms with Crippen molar-refractivity contribution in [3.63, 3.8) is 0 Å². The van der Waals surface area contributed by atoms with E-state index >= 15 is 0 Å². The fourth-order valence-electron chi connectivity index (χ4n) is 2.10. The Kier molecular flexibility index (Phi) is 6.02. The van der Waals surface area contributed by atoms with E-state index in [0.717, 1.165) is 11.7 Å². The Bertz CT molecular complexity index is 169. The molecule has 0 bridgehead atoms. The first-order valence-corrected chi connectivity index (χ1v) is 7.21. The molecular weight excluding hydrogens is 206 g/mol. The van der Waals surface area contributed by atoms with Gasteiger partial charge in [0.1, 0.15) is 0 Å². The Hall–Kier alpha value is 0.270. The molecule has 1 rings (SSSR count). The Balaban J connectivity index is 2.19. The van der Waals surface area contributed by atoms with Crippen molar-refractivity contribution < 1.29 is 5.11 Å². The first-order chi connectivity index (χ1) is 7.11. The van der Waals surface area contributed by atoms with Gasteiger partial charge in [-0.25, -0.2) is 0 Å². The van der Waals surface area contributed by atoms with Gasteiger partial charge < -0.3 is 10.8 Å². The molecule has 90 valence electrons. The molecular formula is C12H25NOS. The van der Waals surface area contributed by atoms with Crippen molar-refractivity contribution in [2.24, 2.45) is 11.7 Å². The van der Waals surface area contributed by atoms with E-state index in [1.807, 2.05) is 18.7 Å². The number of rotatable bonds is 5. The van der Waals surface area contributed by atoms with E-state index in [1.54, 1.807) is 0 Å². The maximum absolute atomic E-state index is 9.38. The van der Waals surface area contributed by atoms with Gasteiger partial charge in [-0.2, -0.15) is 11.8 Å². The normalized spacial score (nSPS) is 24.8. The Morgan fingerprint density at radius 2 is 1.87 bits per heavy atom. The van der Waals surface area contributed by atoms with Crippen LogP contribution in [0, 0.1) is 5.92 Å². The summed E-state index contributed by atoms with van der Waals surface area (Å²) < 4.78 is 0. The van der Waals surface area contributed by atoms with Gasteiger partial charge >= 0.3 is 0 Å². The molecule has 3 atom stereocenters. The number of hydrogen-bond donors (Lipinski definition) is 2. The number of aliphatic hydroxyl groups is 1. The van der Waals surface area contributed by atoms with Crippen molar-refractivity contribution in [3.05, 3.63) is 0 Å². The Labute approximate surface area is 98.0 Å². The molecule has 3 unspecified atom stereocenters. The van der Waals surface area contributed by atoms with Crippen LogP contribution < -0.4 is 5.73 Å². The molecule has 0 aromatic heterocycles. The Morgan fingerprint density at radius 3 is 2.40 bits per heavy atom. The summed E-state index contributed by atoms with van der Waals surface area (Å²) in [6.45, 7) is 3.92. The molecule has 0 aromatic rings. The molecule has 3 N–H and O–H groups in total. The highest BCUT2D eigenvalue weighted by molar-refractivity contribution is 7.99. The number of aliphatic hydroxyl groups excluding tert-OH is 1. The van der Waals surface area contributed by atoms with Crippen LogP contribution in [-0.2, 0) is 0 Å². The van der Waals surface area contributed by atoms with E-state index in [-0.39, 0.29) is 6.10 Å². The van der Waals surface area contributed by atoms with Crippen LogP contribution in [0.1, 0.15) is 46.0 Å². The summed E-state index contributed by atoms with van der Waals surface area (Å²) in [5.74, 6) is 1.73. The van der Waals surface area contributed by atoms with Gasteiger partial charge in [0.15, 0.2) is 0 Å². The number of nitrogens with two attached hydrogens (primary N) is 1. The number of thioether (sulfide) groups is 1. The predicted molar refractivity (Wildman–Crippen MR) is 68.2 cm³/mol. The van der Waals surface area contributed by atoms with Gasteiger partial charge in [-0.1, -0.05) is 26.2 Å². The van der Waals surface area contributed by atoms with E-state index in [2.05, 4.69) is 6.92 Å². The van der Waals surface area contributed by atoms with Gasteiger partial charge in [0.05, 0.1) is 6.10 Å². The molecule has 2 nitrogen and oxygen atoms in total. The lowest BCUT2D eigenvalue weighted by Crippen LogP contribution is -2.35. The first kappa shape index (κ1) is 13.3. The maximum Gasteiger partial charge on any atom is 0.0628 e. The van der Waals surface area contributed by atoms with Crippen molar-refractivity contribution in [2.45, 2.75) is 63.3 Å². The first-order valence-electron chi connectivity index (χ1n) is 6.16. The fraction of sp³-hybridized carbons (Fsp3) is 1.00. The molecule has 0 heterocycles. The number of hydrogen-bond acceptors (Lipinski definition) is 3. The topological polar surface area (TPSA) is 46.2 Å². The van der Waals surface area contributed by atoms with Crippen LogP contribution >= 0.6 is 11.8 Å². The average molecular weight is 231 g/mol. The van der Waals surface area contributed by atoms with Crippen molar-refractivity contribution in [1.82, 2.24) is 0 Å². The van der Waals surface area contributed by atoms with Crippen molar-refractivity contribution in [3.8, 4) is 0 Å². The second kappa shape index (κ2) is 6.77. The third kappa shape index (κ3) is 4.75. The zero-order chi connectivity index (χ0) is 11.3. The quantitative estimate of drug-likeness (QED) is 0.764. The third-order valence-corrected chi connectivity index (χ3v) is 4.98. The minimum atomic E-state index is -0.228. The van der Waals surface area contributed by atoms with Crippen molar-refractivity contribution in [2.75, 3.05) is 5.75 Å². The molecule has 1 saturated carbocycles. The summed E-state index contributed by atoms with van der Waals surface area (Å²) in [4.78, 5) is 0. The largest absolute Gasteiger partial charge is 0.392 e. The monoisotopic (exact) mass is 231 g/mol. The molecule has 1 fully saturated rings. The predicted octanol–water partition coefficient (Wildman–Crippen LogP) is 2.40. The zero-order valence-corrected chi connectivity index (χ0v) is 10.8. The highest BCUT2D eigenvalue weighted by Crippen LogP contribution is 2.28. The maximum atomic E-state index is 9.38. The summed E-state index contributed by atoms with van der Waals surface area (Å²) in [5, 5.41) is 9.69. The van der Waals surface area contributed by atoms with Gasteiger partial charge in [0.2, 0.25) is 0 Å². The van der Waals surface area contributed by atoms with Crippen LogP contribution in [0.2, 0.25) is 0 Å². The molecule has 1 aliphatic rings. The van der Waals surface area contributed by atoms with Gasteiger partial charge in [0.25, 0.3) is 0 Å². The lowest BCUT2D eigenvalue weighted by molar-refractivity contribution is 0.196. The molecule has 0 saturated heterocycles. The summed E-state index contributed by atoms with van der Waals surface area (Å²) in [7, 11) is 0. The van der Waals surface area contributed by atoms with E-state index in [0.29, 0.717) is 11.3 Å². The smallest absolute Gasteiger partial charge is 0.0628 e. The van der Waals surface area contributed by atoms with E-state index in [4.69, 9.17) is 5.73 Å². The van der Waals surface area contributed by atoms with E-state index in [9.17, 15) is 5.11 Å². The van der Waals surface area contributed by atoms with Crippen LogP contribution in [0.4, 0.5) is 0 Å². The van der Waals surface area contributed by atoms with Crippen LogP contribution in [0.25, 0.3) is 0 Å². The highest BCUT2D eigenvalue weighted by atomic mass is 32.2. The van der Waals surface area contributed by atoms with Crippen LogP contribution in [0.15, 0.2) is 0 Å². The lowest BCUT2D eigenvalue weighted by Gasteiger charge is -2.28. The molecule has 0 spiro atoms. The lowest BCUT2D eigenvalue weighted by atomic mass is 9.85.